The summed E-state index contributed by atoms with van der Waals surface area (Å²) in [5, 5.41) is 27.9. The molecule has 4 aromatic carbocycles. The van der Waals surface area contributed by atoms with Gasteiger partial charge in [-0.3, -0.25) is 0 Å². The smallest absolute Gasteiger partial charge is 0.860 e. The van der Waals surface area contributed by atoms with Gasteiger partial charge in [-0.15, -0.1) is 12.4 Å². The second-order valence-corrected chi connectivity index (χ2v) is 5.25. The summed E-state index contributed by atoms with van der Waals surface area (Å²) in [6.07, 6.45) is 0. The predicted molar refractivity (Wildman–Crippen MR) is 92.6 cm³/mol. The summed E-state index contributed by atoms with van der Waals surface area (Å²) in [4.78, 5) is 0. The largest absolute Gasteiger partial charge is 1.00 e. The Hall–Kier alpha value is 0.371. The Balaban J connectivity index is 0.00000104. The van der Waals surface area contributed by atoms with Crippen LogP contribution >= 0.6 is 12.4 Å². The molecule has 0 aliphatic heterocycles. The molecule has 0 atom stereocenters. The molecule has 114 valence electrons. The van der Waals surface area contributed by atoms with Crippen LogP contribution in [0.3, 0.4) is 0 Å². The quantitative estimate of drug-likeness (QED) is 0.206. The third-order valence-corrected chi connectivity index (χ3v) is 3.91. The fourth-order valence-corrected chi connectivity index (χ4v) is 2.97. The van der Waals surface area contributed by atoms with Crippen molar-refractivity contribution >= 4 is 52.0 Å². The molecule has 0 unspecified atom stereocenters. The topological polar surface area (TPSA) is 55.3 Å². The van der Waals surface area contributed by atoms with Crippen molar-refractivity contribution in [3.63, 3.8) is 0 Å². The minimum atomic E-state index is -2.33. The van der Waals surface area contributed by atoms with Gasteiger partial charge in [-0.1, -0.05) is 48.5 Å². The molecule has 0 heterocycles. The van der Waals surface area contributed by atoms with Gasteiger partial charge >= 0.3 is 80.9 Å². The molecule has 4 rings (SSSR count). The Morgan fingerprint density at radius 1 is 0.720 bits per heavy atom. The number of hydrogen-bond acceptors (Lipinski definition) is 3. The molecule has 0 aliphatic carbocycles. The van der Waals surface area contributed by atoms with Gasteiger partial charge in [0.15, 0.2) is 0 Å². The molecule has 0 spiro atoms. The summed E-state index contributed by atoms with van der Waals surface area (Å²) < 4.78 is 4.94. The van der Waals surface area contributed by atoms with Crippen molar-refractivity contribution in [2.75, 3.05) is 0 Å². The van der Waals surface area contributed by atoms with Gasteiger partial charge in [0.2, 0.25) is 0 Å². The number of fused-ring (bicyclic) bond motifs is 4. The van der Waals surface area contributed by atoms with Crippen LogP contribution in [0.4, 0.5) is 0 Å². The van der Waals surface area contributed by atoms with E-state index in [0.29, 0.717) is 5.75 Å². The van der Waals surface area contributed by atoms with Gasteiger partial charge in [0, 0.05) is 5.39 Å². The van der Waals surface area contributed by atoms with Crippen molar-refractivity contribution in [1.29, 1.82) is 0 Å². The summed E-state index contributed by atoms with van der Waals surface area (Å²) >= 11 is 0. The van der Waals surface area contributed by atoms with Gasteiger partial charge in [0.05, 0.1) is 0 Å². The molecule has 0 amide bonds. The standard InChI is InChI=1S/C18H11BO3.ClH.K.Na/c20-19(21)22-17-7-3-6-12-8-9-15-10-13-4-1-2-5-14(13)11-16(15)18(12)17;;;/h1-11H;1H;;/q-2;;2*+1. The molecule has 0 saturated heterocycles. The summed E-state index contributed by atoms with van der Waals surface area (Å²) in [7, 11) is -2.33. The first-order chi connectivity index (χ1) is 10.7. The SMILES string of the molecule is Cl.[K+].[Na+].[O-]B([O-])Oc1cccc2ccc3cc4ccccc4cc3c12. The maximum absolute atomic E-state index is 10.9. The molecule has 7 heteroatoms. The van der Waals surface area contributed by atoms with Crippen LogP contribution in [0.2, 0.25) is 0 Å². The normalized spacial score (nSPS) is 9.84. The fourth-order valence-electron chi connectivity index (χ4n) is 2.97. The van der Waals surface area contributed by atoms with E-state index in [1.54, 1.807) is 12.1 Å². The Kier molecular flexibility index (Phi) is 9.42. The van der Waals surface area contributed by atoms with E-state index in [9.17, 15) is 10.0 Å². The first kappa shape index (κ1) is 23.4. The second kappa shape index (κ2) is 10.1. The van der Waals surface area contributed by atoms with E-state index in [0.717, 1.165) is 32.3 Å². The monoisotopic (exact) mass is 384 g/mol. The van der Waals surface area contributed by atoms with Crippen LogP contribution in [0.1, 0.15) is 0 Å². The zero-order chi connectivity index (χ0) is 15.1. The molecular formula is C18H12BClKNaO3. The van der Waals surface area contributed by atoms with Crippen LogP contribution in [0, 0.1) is 0 Å². The molecule has 0 aromatic heterocycles. The predicted octanol–water partition coefficient (Wildman–Crippen LogP) is -3.34. The van der Waals surface area contributed by atoms with E-state index in [1.807, 2.05) is 36.4 Å². The molecular weight excluding hydrogens is 373 g/mol. The molecule has 0 bridgehead atoms. The molecule has 0 radical (unpaired) electrons. The van der Waals surface area contributed by atoms with Crippen molar-refractivity contribution in [2.45, 2.75) is 0 Å². The average Bonchev–Trinajstić information content (AvgIpc) is 2.52. The van der Waals surface area contributed by atoms with Crippen molar-refractivity contribution in [3.8, 4) is 5.75 Å². The zero-order valence-corrected chi connectivity index (χ0v) is 20.0. The van der Waals surface area contributed by atoms with E-state index < -0.39 is 7.32 Å². The Labute approximate surface area is 217 Å². The maximum Gasteiger partial charge on any atom is 1.00 e. The van der Waals surface area contributed by atoms with Crippen molar-refractivity contribution < 1.29 is 95.6 Å². The van der Waals surface area contributed by atoms with Crippen LogP contribution in [0.5, 0.6) is 5.75 Å². The summed E-state index contributed by atoms with van der Waals surface area (Å²) in [6, 6.07) is 21.7. The molecule has 0 fully saturated rings. The van der Waals surface area contributed by atoms with E-state index >= 15 is 0 Å². The van der Waals surface area contributed by atoms with Gasteiger partial charge in [0.1, 0.15) is 13.1 Å². The van der Waals surface area contributed by atoms with E-state index in [4.69, 9.17) is 4.65 Å². The van der Waals surface area contributed by atoms with Crippen LogP contribution in [-0.4, -0.2) is 7.32 Å². The summed E-state index contributed by atoms with van der Waals surface area (Å²) in [6.45, 7) is 0. The maximum atomic E-state index is 10.9. The number of hydrogen-bond donors (Lipinski definition) is 0. The zero-order valence-electron chi connectivity index (χ0n) is 14.1. The third kappa shape index (κ3) is 4.81. The minimum Gasteiger partial charge on any atom is -0.860 e. The van der Waals surface area contributed by atoms with Gasteiger partial charge < -0.3 is 14.7 Å². The van der Waals surface area contributed by atoms with Crippen LogP contribution in [0.25, 0.3) is 32.3 Å². The van der Waals surface area contributed by atoms with Crippen molar-refractivity contribution in [2.24, 2.45) is 0 Å². The number of halogens is 1. The Morgan fingerprint density at radius 2 is 1.32 bits per heavy atom. The summed E-state index contributed by atoms with van der Waals surface area (Å²) in [5.41, 5.74) is 0. The Bertz CT molecular complexity index is 1010. The molecule has 0 aliphatic rings. The minimum absolute atomic E-state index is 0. The van der Waals surface area contributed by atoms with Crippen LogP contribution in [-0.2, 0) is 0 Å². The van der Waals surface area contributed by atoms with E-state index in [1.165, 1.54) is 0 Å². The number of rotatable bonds is 2. The average molecular weight is 385 g/mol. The first-order valence-electron chi connectivity index (χ1n) is 7.05. The fraction of sp³-hybridized carbons (Fsp3) is 0. The first-order valence-corrected chi connectivity index (χ1v) is 7.05. The van der Waals surface area contributed by atoms with Gasteiger partial charge in [0.25, 0.3) is 0 Å². The van der Waals surface area contributed by atoms with E-state index in [-0.39, 0.29) is 93.3 Å². The molecule has 4 aromatic rings. The third-order valence-electron chi connectivity index (χ3n) is 3.91. The van der Waals surface area contributed by atoms with Gasteiger partial charge in [-0.25, -0.2) is 0 Å². The number of benzene rings is 4. The van der Waals surface area contributed by atoms with E-state index in [2.05, 4.69) is 18.2 Å². The van der Waals surface area contributed by atoms with Crippen molar-refractivity contribution in [3.05, 3.63) is 66.7 Å². The summed E-state index contributed by atoms with van der Waals surface area (Å²) in [5.74, 6) is 0.341. The van der Waals surface area contributed by atoms with Crippen LogP contribution in [0.15, 0.2) is 66.7 Å². The second-order valence-electron chi connectivity index (χ2n) is 5.25. The van der Waals surface area contributed by atoms with Crippen LogP contribution < -0.4 is 95.6 Å². The molecule has 0 saturated carbocycles. The van der Waals surface area contributed by atoms with Gasteiger partial charge in [-0.05, 0) is 45.1 Å². The van der Waals surface area contributed by atoms with Gasteiger partial charge in [-0.2, -0.15) is 0 Å². The molecule has 3 nitrogen and oxygen atoms in total. The molecule has 25 heavy (non-hydrogen) atoms. The molecule has 0 N–H and O–H groups in total. The van der Waals surface area contributed by atoms with Crippen molar-refractivity contribution in [1.82, 2.24) is 0 Å². The Morgan fingerprint density at radius 3 is 2.00 bits per heavy atom.